The highest BCUT2D eigenvalue weighted by atomic mass is 16.5. The van der Waals surface area contributed by atoms with E-state index in [1.165, 1.54) is 19.3 Å². The average molecular weight is 300 g/mol. The molecule has 122 valence electrons. The van der Waals surface area contributed by atoms with Crippen LogP contribution in [0.4, 0.5) is 0 Å². The molecule has 5 heteroatoms. The second-order valence-electron chi connectivity index (χ2n) is 6.28. The smallest absolute Gasteiger partial charge is 0.329 e. The fourth-order valence-corrected chi connectivity index (χ4v) is 3.91. The number of aliphatic carboxylic acids is 1. The van der Waals surface area contributed by atoms with E-state index in [4.69, 9.17) is 19.7 Å². The van der Waals surface area contributed by atoms with Crippen LogP contribution in [0.25, 0.3) is 0 Å². The Morgan fingerprint density at radius 2 is 1.67 bits per heavy atom. The third-order valence-corrected chi connectivity index (χ3v) is 4.84. The zero-order valence-corrected chi connectivity index (χ0v) is 12.7. The molecule has 0 unspecified atom stereocenters. The summed E-state index contributed by atoms with van der Waals surface area (Å²) in [6.07, 6.45) is 9.58. The first kappa shape index (κ1) is 16.7. The van der Waals surface area contributed by atoms with Crippen molar-refractivity contribution in [1.29, 1.82) is 0 Å². The molecule has 5 nitrogen and oxygen atoms in total. The van der Waals surface area contributed by atoms with Crippen LogP contribution in [0.1, 0.15) is 51.4 Å². The molecular formula is C16H28O5. The number of unbranched alkanes of at least 4 members (excludes halogenated alkanes) is 2. The minimum Gasteiger partial charge on any atom is -0.480 e. The van der Waals surface area contributed by atoms with Gasteiger partial charge in [0, 0.05) is 13.2 Å². The van der Waals surface area contributed by atoms with Gasteiger partial charge in [-0.05, 0) is 50.4 Å². The number of carbonyl (C=O) groups is 1. The van der Waals surface area contributed by atoms with Crippen LogP contribution in [0.2, 0.25) is 0 Å². The summed E-state index contributed by atoms with van der Waals surface area (Å²) in [6.45, 7) is 0.622. The lowest BCUT2D eigenvalue weighted by Gasteiger charge is -2.28. The maximum atomic E-state index is 10.3. The number of aliphatic hydroxyl groups is 1. The zero-order chi connectivity index (χ0) is 15.1. The molecule has 2 fully saturated rings. The van der Waals surface area contributed by atoms with Gasteiger partial charge in [-0.1, -0.05) is 12.8 Å². The van der Waals surface area contributed by atoms with E-state index in [2.05, 4.69) is 0 Å². The SMILES string of the molecule is O=C(O)COCCCC[C@H]1[C@@H](CCCCO)[C@H]2CC[C@@H]1O2. The van der Waals surface area contributed by atoms with Gasteiger partial charge in [0.25, 0.3) is 0 Å². The molecule has 2 rings (SSSR count). The maximum absolute atomic E-state index is 10.3. The van der Waals surface area contributed by atoms with Crippen molar-refractivity contribution in [1.82, 2.24) is 0 Å². The van der Waals surface area contributed by atoms with E-state index in [9.17, 15) is 4.79 Å². The lowest BCUT2D eigenvalue weighted by molar-refractivity contribution is -0.142. The van der Waals surface area contributed by atoms with Crippen LogP contribution in [0.5, 0.6) is 0 Å². The molecule has 0 radical (unpaired) electrons. The Morgan fingerprint density at radius 3 is 2.24 bits per heavy atom. The average Bonchev–Trinajstić information content (AvgIpc) is 3.04. The summed E-state index contributed by atoms with van der Waals surface area (Å²) in [7, 11) is 0. The standard InChI is InChI=1S/C16H28O5/c17-9-3-1-5-12-13(15-8-7-14(12)21-15)6-2-4-10-20-11-16(18)19/h12-15,17H,1-11H2,(H,18,19)/t12-,13+,14-,15+/m1/s1. The number of carboxylic acid groups (broad SMARTS) is 1. The van der Waals surface area contributed by atoms with Crippen LogP contribution in [-0.4, -0.2) is 48.2 Å². The fraction of sp³-hybridized carbons (Fsp3) is 0.938. The molecule has 2 heterocycles. The summed E-state index contributed by atoms with van der Waals surface area (Å²) in [5, 5.41) is 17.4. The molecule has 2 N–H and O–H groups in total. The van der Waals surface area contributed by atoms with Gasteiger partial charge in [-0.2, -0.15) is 0 Å². The van der Waals surface area contributed by atoms with E-state index in [-0.39, 0.29) is 13.2 Å². The van der Waals surface area contributed by atoms with Crippen molar-refractivity contribution in [3.63, 3.8) is 0 Å². The van der Waals surface area contributed by atoms with Crippen molar-refractivity contribution in [2.45, 2.75) is 63.6 Å². The van der Waals surface area contributed by atoms with Crippen LogP contribution in [-0.2, 0) is 14.3 Å². The van der Waals surface area contributed by atoms with Gasteiger partial charge in [0.1, 0.15) is 6.61 Å². The predicted molar refractivity (Wildman–Crippen MR) is 78.1 cm³/mol. The molecule has 2 aliphatic heterocycles. The minimum absolute atomic E-state index is 0.193. The van der Waals surface area contributed by atoms with Crippen LogP contribution >= 0.6 is 0 Å². The van der Waals surface area contributed by atoms with Crippen LogP contribution in [0, 0.1) is 11.8 Å². The third kappa shape index (κ3) is 4.94. The molecule has 4 atom stereocenters. The molecule has 0 saturated carbocycles. The van der Waals surface area contributed by atoms with Crippen molar-refractivity contribution < 1.29 is 24.5 Å². The van der Waals surface area contributed by atoms with Gasteiger partial charge in [0.05, 0.1) is 12.2 Å². The third-order valence-electron chi connectivity index (χ3n) is 4.84. The molecule has 2 saturated heterocycles. The van der Waals surface area contributed by atoms with Crippen LogP contribution in [0.3, 0.4) is 0 Å². The number of fused-ring (bicyclic) bond motifs is 2. The molecular weight excluding hydrogens is 272 g/mol. The Labute approximate surface area is 126 Å². The van der Waals surface area contributed by atoms with Gasteiger partial charge in [0.15, 0.2) is 0 Å². The van der Waals surface area contributed by atoms with Gasteiger partial charge in [-0.15, -0.1) is 0 Å². The van der Waals surface area contributed by atoms with Crippen LogP contribution in [0.15, 0.2) is 0 Å². The van der Waals surface area contributed by atoms with Crippen molar-refractivity contribution in [2.24, 2.45) is 11.8 Å². The van der Waals surface area contributed by atoms with Gasteiger partial charge in [-0.25, -0.2) is 4.79 Å². The highest BCUT2D eigenvalue weighted by Gasteiger charge is 2.47. The second-order valence-corrected chi connectivity index (χ2v) is 6.28. The summed E-state index contributed by atoms with van der Waals surface area (Å²) < 4.78 is 11.1. The summed E-state index contributed by atoms with van der Waals surface area (Å²) >= 11 is 0. The predicted octanol–water partition coefficient (Wildman–Crippen LogP) is 2.21. The minimum atomic E-state index is -0.902. The van der Waals surface area contributed by atoms with Crippen molar-refractivity contribution in [3.05, 3.63) is 0 Å². The number of carboxylic acids is 1. The van der Waals surface area contributed by atoms with Crippen molar-refractivity contribution >= 4 is 5.97 Å². The van der Waals surface area contributed by atoms with E-state index in [0.29, 0.717) is 30.7 Å². The molecule has 21 heavy (non-hydrogen) atoms. The second kappa shape index (κ2) is 8.71. The Morgan fingerprint density at radius 1 is 1.05 bits per heavy atom. The van der Waals surface area contributed by atoms with E-state index in [0.717, 1.165) is 32.1 Å². The van der Waals surface area contributed by atoms with E-state index in [1.54, 1.807) is 0 Å². The molecule has 0 aliphatic carbocycles. The molecule has 0 spiro atoms. The first-order chi connectivity index (χ1) is 10.2. The molecule has 0 amide bonds. The lowest BCUT2D eigenvalue weighted by Crippen LogP contribution is -2.27. The lowest BCUT2D eigenvalue weighted by atomic mass is 9.74. The topological polar surface area (TPSA) is 76.0 Å². The summed E-state index contributed by atoms with van der Waals surface area (Å²) in [5.41, 5.74) is 0. The quantitative estimate of drug-likeness (QED) is 0.572. The van der Waals surface area contributed by atoms with Crippen molar-refractivity contribution in [3.8, 4) is 0 Å². The Kier molecular flexibility index (Phi) is 6.93. The summed E-state index contributed by atoms with van der Waals surface area (Å²) in [6, 6.07) is 0. The highest BCUT2D eigenvalue weighted by Crippen LogP contribution is 2.47. The molecule has 2 aliphatic rings. The molecule has 0 aromatic rings. The first-order valence-corrected chi connectivity index (χ1v) is 8.28. The monoisotopic (exact) mass is 300 g/mol. The molecule has 2 bridgehead atoms. The van der Waals surface area contributed by atoms with E-state index >= 15 is 0 Å². The number of rotatable bonds is 11. The number of aliphatic hydroxyl groups excluding tert-OH is 1. The molecule has 0 aromatic carbocycles. The Bertz CT molecular complexity index is 320. The normalized spacial score (nSPS) is 30.9. The summed E-state index contributed by atoms with van der Waals surface area (Å²) in [5.74, 6) is 0.414. The van der Waals surface area contributed by atoms with Gasteiger partial charge in [-0.3, -0.25) is 0 Å². The Hall–Kier alpha value is -0.650. The number of hydrogen-bond donors (Lipinski definition) is 2. The Balaban J connectivity index is 1.64. The summed E-state index contributed by atoms with van der Waals surface area (Å²) in [4.78, 5) is 10.3. The number of hydrogen-bond acceptors (Lipinski definition) is 4. The number of ether oxygens (including phenoxy) is 2. The van der Waals surface area contributed by atoms with Crippen molar-refractivity contribution in [2.75, 3.05) is 19.8 Å². The van der Waals surface area contributed by atoms with E-state index < -0.39 is 5.97 Å². The largest absolute Gasteiger partial charge is 0.480 e. The zero-order valence-electron chi connectivity index (χ0n) is 12.7. The first-order valence-electron chi connectivity index (χ1n) is 8.28. The van der Waals surface area contributed by atoms with Gasteiger partial charge < -0.3 is 19.7 Å². The van der Waals surface area contributed by atoms with Crippen LogP contribution < -0.4 is 0 Å². The van der Waals surface area contributed by atoms with E-state index in [1.807, 2.05) is 0 Å². The highest BCUT2D eigenvalue weighted by molar-refractivity contribution is 5.67. The van der Waals surface area contributed by atoms with Gasteiger partial charge >= 0.3 is 5.97 Å². The molecule has 0 aromatic heterocycles. The maximum Gasteiger partial charge on any atom is 0.329 e. The fourth-order valence-electron chi connectivity index (χ4n) is 3.91. The van der Waals surface area contributed by atoms with Gasteiger partial charge in [0.2, 0.25) is 0 Å².